The van der Waals surface area contributed by atoms with Crippen molar-refractivity contribution in [1.82, 2.24) is 4.90 Å². The van der Waals surface area contributed by atoms with Crippen molar-refractivity contribution < 1.29 is 5.11 Å². The Kier molecular flexibility index (Phi) is 2.75. The van der Waals surface area contributed by atoms with Crippen LogP contribution in [0.5, 0.6) is 0 Å². The Morgan fingerprint density at radius 1 is 1.12 bits per heavy atom. The summed E-state index contributed by atoms with van der Waals surface area (Å²) in [5.74, 6) is 0.951. The van der Waals surface area contributed by atoms with Crippen molar-refractivity contribution in [2.45, 2.75) is 76.0 Å². The highest BCUT2D eigenvalue weighted by atomic mass is 16.3. The zero-order valence-corrected chi connectivity index (χ0v) is 10.5. The molecule has 1 N–H and O–H groups in total. The average molecular weight is 223 g/mol. The standard InChI is InChI=1S/C14H25NO/c1-11(14(16)8-2-3-9-14)15-10-7-12-5-4-6-13(12)15/h11-13,16H,2-10H2,1H3/t11-,12+,13+/m0/s1. The molecule has 2 nitrogen and oxygen atoms in total. The van der Waals surface area contributed by atoms with Crippen LogP contribution in [0.1, 0.15) is 58.3 Å². The summed E-state index contributed by atoms with van der Waals surface area (Å²) in [6.07, 6.45) is 10.1. The molecule has 3 aliphatic rings. The summed E-state index contributed by atoms with van der Waals surface area (Å²) in [5.41, 5.74) is -0.364. The monoisotopic (exact) mass is 223 g/mol. The van der Waals surface area contributed by atoms with Crippen molar-refractivity contribution in [3.63, 3.8) is 0 Å². The van der Waals surface area contributed by atoms with Crippen LogP contribution in [-0.2, 0) is 0 Å². The number of likely N-dealkylation sites (tertiary alicyclic amines) is 1. The number of aliphatic hydroxyl groups is 1. The normalized spacial score (nSPS) is 40.1. The highest BCUT2D eigenvalue weighted by Gasteiger charge is 2.46. The lowest BCUT2D eigenvalue weighted by molar-refractivity contribution is -0.0409. The lowest BCUT2D eigenvalue weighted by Crippen LogP contribution is -2.51. The fourth-order valence-corrected chi connectivity index (χ4v) is 4.47. The van der Waals surface area contributed by atoms with Crippen molar-refractivity contribution in [3.8, 4) is 0 Å². The van der Waals surface area contributed by atoms with Gasteiger partial charge < -0.3 is 5.11 Å². The van der Waals surface area contributed by atoms with Gasteiger partial charge in [0.1, 0.15) is 0 Å². The molecule has 0 aromatic rings. The van der Waals surface area contributed by atoms with Gasteiger partial charge in [-0.1, -0.05) is 19.3 Å². The summed E-state index contributed by atoms with van der Waals surface area (Å²) in [6, 6.07) is 1.20. The Morgan fingerprint density at radius 3 is 2.62 bits per heavy atom. The van der Waals surface area contributed by atoms with Gasteiger partial charge in [-0.25, -0.2) is 0 Å². The Bertz CT molecular complexity index is 259. The molecular weight excluding hydrogens is 198 g/mol. The predicted octanol–water partition coefficient (Wildman–Crippen LogP) is 2.55. The van der Waals surface area contributed by atoms with E-state index >= 15 is 0 Å². The van der Waals surface area contributed by atoms with Gasteiger partial charge in [0, 0.05) is 12.1 Å². The maximum absolute atomic E-state index is 10.7. The molecule has 92 valence electrons. The molecule has 2 saturated carbocycles. The first-order valence-corrected chi connectivity index (χ1v) is 7.19. The van der Waals surface area contributed by atoms with E-state index in [9.17, 15) is 5.11 Å². The van der Waals surface area contributed by atoms with Gasteiger partial charge in [-0.3, -0.25) is 4.90 Å². The molecule has 1 aliphatic heterocycles. The summed E-state index contributed by atoms with van der Waals surface area (Å²) in [7, 11) is 0. The van der Waals surface area contributed by atoms with E-state index in [1.54, 1.807) is 0 Å². The van der Waals surface area contributed by atoms with Crippen molar-refractivity contribution in [1.29, 1.82) is 0 Å². The van der Waals surface area contributed by atoms with E-state index in [0.717, 1.165) is 24.8 Å². The van der Waals surface area contributed by atoms with Gasteiger partial charge in [0.2, 0.25) is 0 Å². The van der Waals surface area contributed by atoms with E-state index in [4.69, 9.17) is 0 Å². The summed E-state index contributed by atoms with van der Waals surface area (Å²) < 4.78 is 0. The van der Waals surface area contributed by atoms with Crippen LogP contribution in [0.15, 0.2) is 0 Å². The van der Waals surface area contributed by atoms with Crippen LogP contribution < -0.4 is 0 Å². The molecule has 0 amide bonds. The first-order chi connectivity index (χ1) is 7.71. The predicted molar refractivity (Wildman–Crippen MR) is 65.3 cm³/mol. The second-order valence-electron chi connectivity index (χ2n) is 6.27. The molecule has 0 unspecified atom stereocenters. The lowest BCUT2D eigenvalue weighted by Gasteiger charge is -2.39. The van der Waals surface area contributed by atoms with Gasteiger partial charge in [-0.2, -0.15) is 0 Å². The molecule has 2 aliphatic carbocycles. The second kappa shape index (κ2) is 3.99. The first-order valence-electron chi connectivity index (χ1n) is 7.19. The average Bonchev–Trinajstić information content (AvgIpc) is 2.91. The molecule has 1 saturated heterocycles. The zero-order valence-electron chi connectivity index (χ0n) is 10.5. The number of rotatable bonds is 2. The minimum atomic E-state index is -0.364. The summed E-state index contributed by atoms with van der Waals surface area (Å²) in [5, 5.41) is 10.7. The van der Waals surface area contributed by atoms with Crippen LogP contribution in [0.25, 0.3) is 0 Å². The van der Waals surface area contributed by atoms with Gasteiger partial charge >= 0.3 is 0 Å². The highest BCUT2D eigenvalue weighted by Crippen LogP contribution is 2.43. The maximum Gasteiger partial charge on any atom is 0.0799 e. The van der Waals surface area contributed by atoms with Crippen LogP contribution in [-0.4, -0.2) is 34.2 Å². The highest BCUT2D eigenvalue weighted by molar-refractivity contribution is 5.01. The van der Waals surface area contributed by atoms with Crippen molar-refractivity contribution in [2.24, 2.45) is 5.92 Å². The summed E-state index contributed by atoms with van der Waals surface area (Å²) >= 11 is 0. The van der Waals surface area contributed by atoms with E-state index in [-0.39, 0.29) is 5.60 Å². The molecule has 0 bridgehead atoms. The van der Waals surface area contributed by atoms with Crippen molar-refractivity contribution in [2.75, 3.05) is 6.54 Å². The minimum absolute atomic E-state index is 0.364. The first kappa shape index (κ1) is 11.0. The van der Waals surface area contributed by atoms with Crippen LogP contribution in [0, 0.1) is 5.92 Å². The smallest absolute Gasteiger partial charge is 0.0799 e. The molecule has 3 rings (SSSR count). The molecule has 2 heteroatoms. The third kappa shape index (κ3) is 1.62. The summed E-state index contributed by atoms with van der Waals surface area (Å²) in [4.78, 5) is 2.64. The van der Waals surface area contributed by atoms with Gasteiger partial charge in [-0.15, -0.1) is 0 Å². The molecule has 0 aromatic heterocycles. The molecule has 16 heavy (non-hydrogen) atoms. The van der Waals surface area contributed by atoms with E-state index in [0.29, 0.717) is 6.04 Å². The Labute approximate surface area is 99.0 Å². The van der Waals surface area contributed by atoms with Gasteiger partial charge in [0.15, 0.2) is 0 Å². The van der Waals surface area contributed by atoms with Crippen LogP contribution in [0.3, 0.4) is 0 Å². The fourth-order valence-electron chi connectivity index (χ4n) is 4.47. The third-order valence-corrected chi connectivity index (χ3v) is 5.55. The second-order valence-corrected chi connectivity index (χ2v) is 6.27. The largest absolute Gasteiger partial charge is 0.388 e. The molecule has 3 atom stereocenters. The van der Waals surface area contributed by atoms with Gasteiger partial charge in [0.05, 0.1) is 5.60 Å². The SMILES string of the molecule is C[C@H](N1CC[C@H]2CCC[C@H]21)C1(O)CCCC1. The van der Waals surface area contributed by atoms with Crippen molar-refractivity contribution in [3.05, 3.63) is 0 Å². The van der Waals surface area contributed by atoms with E-state index < -0.39 is 0 Å². The zero-order chi connectivity index (χ0) is 11.2. The van der Waals surface area contributed by atoms with Crippen LogP contribution in [0.4, 0.5) is 0 Å². The lowest BCUT2D eigenvalue weighted by atomic mass is 9.91. The molecule has 1 heterocycles. The number of fused-ring (bicyclic) bond motifs is 1. The third-order valence-electron chi connectivity index (χ3n) is 5.55. The van der Waals surface area contributed by atoms with Gasteiger partial charge in [-0.05, 0) is 51.5 Å². The molecule has 0 spiro atoms. The van der Waals surface area contributed by atoms with Crippen LogP contribution in [0.2, 0.25) is 0 Å². The molecule has 0 radical (unpaired) electrons. The maximum atomic E-state index is 10.7. The van der Waals surface area contributed by atoms with E-state index in [2.05, 4.69) is 11.8 Å². The van der Waals surface area contributed by atoms with E-state index in [1.807, 2.05) is 0 Å². The molecule has 3 fully saturated rings. The minimum Gasteiger partial charge on any atom is -0.388 e. The molecular formula is C14H25NO. The Morgan fingerprint density at radius 2 is 1.88 bits per heavy atom. The van der Waals surface area contributed by atoms with Crippen LogP contribution >= 0.6 is 0 Å². The number of hydrogen-bond acceptors (Lipinski definition) is 2. The Hall–Kier alpha value is -0.0800. The summed E-state index contributed by atoms with van der Waals surface area (Å²) in [6.45, 7) is 3.50. The number of nitrogens with zero attached hydrogens (tertiary/aromatic N) is 1. The van der Waals surface area contributed by atoms with Gasteiger partial charge in [0.25, 0.3) is 0 Å². The topological polar surface area (TPSA) is 23.5 Å². The van der Waals surface area contributed by atoms with E-state index in [1.165, 1.54) is 45.1 Å². The van der Waals surface area contributed by atoms with Crippen molar-refractivity contribution >= 4 is 0 Å². The molecule has 0 aromatic carbocycles. The quantitative estimate of drug-likeness (QED) is 0.777. The Balaban J connectivity index is 1.72. The number of hydrogen-bond donors (Lipinski definition) is 1. The fraction of sp³-hybridized carbons (Fsp3) is 1.00.